The van der Waals surface area contributed by atoms with Crippen LogP contribution in [0.5, 0.6) is 5.88 Å². The van der Waals surface area contributed by atoms with Crippen molar-refractivity contribution in [3.05, 3.63) is 23.9 Å². The molecule has 1 aromatic heterocycles. The van der Waals surface area contributed by atoms with E-state index in [2.05, 4.69) is 9.72 Å². The Morgan fingerprint density at radius 2 is 2.23 bits per heavy atom. The van der Waals surface area contributed by atoms with Gasteiger partial charge in [0.15, 0.2) is 0 Å². The molecule has 0 spiro atoms. The largest absolute Gasteiger partial charge is 0.417 e. The standard InChI is InChI=1S/C9H11F2NO/c1-2-3-7-4-5-8(12-6-7)13-9(10)11/h4-6,9H,2-3H2,1H3. The Balaban J connectivity index is 2.59. The minimum atomic E-state index is -2.80. The van der Waals surface area contributed by atoms with Crippen molar-refractivity contribution in [1.29, 1.82) is 0 Å². The number of aromatic nitrogens is 1. The third kappa shape index (κ3) is 3.36. The molecule has 0 bridgehead atoms. The third-order valence-electron chi connectivity index (χ3n) is 1.55. The van der Waals surface area contributed by atoms with E-state index in [1.54, 1.807) is 12.3 Å². The van der Waals surface area contributed by atoms with E-state index in [9.17, 15) is 8.78 Å². The van der Waals surface area contributed by atoms with E-state index in [0.717, 1.165) is 18.4 Å². The fourth-order valence-electron chi connectivity index (χ4n) is 1.01. The van der Waals surface area contributed by atoms with Crippen LogP contribution in [-0.2, 0) is 6.42 Å². The molecule has 0 fully saturated rings. The van der Waals surface area contributed by atoms with Gasteiger partial charge in [-0.15, -0.1) is 0 Å². The SMILES string of the molecule is CCCc1ccc(OC(F)F)nc1. The van der Waals surface area contributed by atoms with Crippen LogP contribution in [0.3, 0.4) is 0 Å². The molecule has 0 atom stereocenters. The minimum Gasteiger partial charge on any atom is -0.417 e. The van der Waals surface area contributed by atoms with Gasteiger partial charge in [0.1, 0.15) is 0 Å². The molecular weight excluding hydrogens is 176 g/mol. The van der Waals surface area contributed by atoms with Gasteiger partial charge in [-0.2, -0.15) is 8.78 Å². The normalized spacial score (nSPS) is 10.5. The average molecular weight is 187 g/mol. The maximum Gasteiger partial charge on any atom is 0.388 e. The maximum absolute atomic E-state index is 11.7. The number of pyridine rings is 1. The molecule has 0 saturated heterocycles. The highest BCUT2D eigenvalue weighted by atomic mass is 19.3. The van der Waals surface area contributed by atoms with Gasteiger partial charge < -0.3 is 4.74 Å². The quantitative estimate of drug-likeness (QED) is 0.722. The number of hydrogen-bond acceptors (Lipinski definition) is 2. The Kier molecular flexibility index (Phi) is 3.61. The minimum absolute atomic E-state index is 0.0325. The van der Waals surface area contributed by atoms with E-state index in [1.807, 2.05) is 6.92 Å². The lowest BCUT2D eigenvalue weighted by Crippen LogP contribution is -2.03. The molecule has 13 heavy (non-hydrogen) atoms. The summed E-state index contributed by atoms with van der Waals surface area (Å²) in [5.74, 6) is -0.0325. The summed E-state index contributed by atoms with van der Waals surface area (Å²) in [6, 6.07) is 3.20. The summed E-state index contributed by atoms with van der Waals surface area (Å²) in [5.41, 5.74) is 1.03. The van der Waals surface area contributed by atoms with Crippen molar-refractivity contribution >= 4 is 0 Å². The molecule has 0 aromatic carbocycles. The first-order chi connectivity index (χ1) is 6.22. The van der Waals surface area contributed by atoms with Crippen molar-refractivity contribution < 1.29 is 13.5 Å². The zero-order chi connectivity index (χ0) is 9.68. The van der Waals surface area contributed by atoms with Gasteiger partial charge in [-0.1, -0.05) is 19.4 Å². The predicted molar refractivity (Wildman–Crippen MR) is 44.9 cm³/mol. The Morgan fingerprint density at radius 1 is 1.46 bits per heavy atom. The first-order valence-electron chi connectivity index (χ1n) is 4.12. The van der Waals surface area contributed by atoms with Crippen LogP contribution in [0.4, 0.5) is 8.78 Å². The van der Waals surface area contributed by atoms with Gasteiger partial charge in [0.2, 0.25) is 5.88 Å². The number of halogens is 2. The molecule has 0 aliphatic heterocycles. The number of ether oxygens (including phenoxy) is 1. The highest BCUT2D eigenvalue weighted by Crippen LogP contribution is 2.11. The van der Waals surface area contributed by atoms with Crippen molar-refractivity contribution in [2.24, 2.45) is 0 Å². The predicted octanol–water partition coefficient (Wildman–Crippen LogP) is 2.64. The molecule has 0 unspecified atom stereocenters. The van der Waals surface area contributed by atoms with Crippen LogP contribution in [0.2, 0.25) is 0 Å². The average Bonchev–Trinajstić information content (AvgIpc) is 2.08. The van der Waals surface area contributed by atoms with Gasteiger partial charge in [0.05, 0.1) is 0 Å². The van der Waals surface area contributed by atoms with Crippen LogP contribution in [0.15, 0.2) is 18.3 Å². The zero-order valence-electron chi connectivity index (χ0n) is 7.34. The fraction of sp³-hybridized carbons (Fsp3) is 0.444. The van der Waals surface area contributed by atoms with Crippen LogP contribution in [0, 0.1) is 0 Å². The van der Waals surface area contributed by atoms with Crippen LogP contribution < -0.4 is 4.74 Å². The molecule has 0 radical (unpaired) electrons. The Labute approximate surface area is 75.6 Å². The molecule has 0 aliphatic rings. The van der Waals surface area contributed by atoms with Gasteiger partial charge in [-0.05, 0) is 12.0 Å². The lowest BCUT2D eigenvalue weighted by atomic mass is 10.2. The van der Waals surface area contributed by atoms with Crippen LogP contribution in [0.25, 0.3) is 0 Å². The summed E-state index contributed by atoms with van der Waals surface area (Å²) in [5, 5.41) is 0. The second kappa shape index (κ2) is 4.74. The first-order valence-corrected chi connectivity index (χ1v) is 4.12. The van der Waals surface area contributed by atoms with E-state index in [-0.39, 0.29) is 5.88 Å². The van der Waals surface area contributed by atoms with Crippen molar-refractivity contribution in [3.8, 4) is 5.88 Å². The molecule has 1 rings (SSSR count). The molecular formula is C9H11F2NO. The number of hydrogen-bond donors (Lipinski definition) is 0. The van der Waals surface area contributed by atoms with Crippen molar-refractivity contribution in [2.75, 3.05) is 0 Å². The van der Waals surface area contributed by atoms with Gasteiger partial charge in [0.25, 0.3) is 0 Å². The second-order valence-corrected chi connectivity index (χ2v) is 2.63. The molecule has 72 valence electrons. The topological polar surface area (TPSA) is 22.1 Å². The molecule has 1 heterocycles. The third-order valence-corrected chi connectivity index (χ3v) is 1.55. The number of aryl methyl sites for hydroxylation is 1. The van der Waals surface area contributed by atoms with Crippen LogP contribution >= 0.6 is 0 Å². The summed E-state index contributed by atoms with van der Waals surface area (Å²) >= 11 is 0. The van der Waals surface area contributed by atoms with Gasteiger partial charge in [0, 0.05) is 12.3 Å². The summed E-state index contributed by atoms with van der Waals surface area (Å²) in [7, 11) is 0. The van der Waals surface area contributed by atoms with E-state index in [1.165, 1.54) is 6.07 Å². The van der Waals surface area contributed by atoms with Gasteiger partial charge in [-0.25, -0.2) is 4.98 Å². The van der Waals surface area contributed by atoms with Crippen LogP contribution in [0.1, 0.15) is 18.9 Å². The highest BCUT2D eigenvalue weighted by molar-refractivity contribution is 5.17. The number of rotatable bonds is 4. The number of alkyl halides is 2. The van der Waals surface area contributed by atoms with E-state index < -0.39 is 6.61 Å². The van der Waals surface area contributed by atoms with E-state index in [0.29, 0.717) is 0 Å². The first kappa shape index (κ1) is 9.89. The molecule has 0 amide bonds. The Hall–Kier alpha value is -1.19. The number of nitrogens with zero attached hydrogens (tertiary/aromatic N) is 1. The monoisotopic (exact) mass is 187 g/mol. The van der Waals surface area contributed by atoms with Crippen molar-refractivity contribution in [2.45, 2.75) is 26.4 Å². The molecule has 0 aliphatic carbocycles. The van der Waals surface area contributed by atoms with Crippen LogP contribution in [-0.4, -0.2) is 11.6 Å². The Bertz CT molecular complexity index is 248. The highest BCUT2D eigenvalue weighted by Gasteiger charge is 2.04. The summed E-state index contributed by atoms with van der Waals surface area (Å²) in [6.07, 6.45) is 3.47. The van der Waals surface area contributed by atoms with Gasteiger partial charge >= 0.3 is 6.61 Å². The van der Waals surface area contributed by atoms with Crippen molar-refractivity contribution in [1.82, 2.24) is 4.98 Å². The molecule has 0 saturated carbocycles. The molecule has 1 aromatic rings. The summed E-state index contributed by atoms with van der Waals surface area (Å²) < 4.78 is 27.5. The molecule has 4 heteroatoms. The van der Waals surface area contributed by atoms with Gasteiger partial charge in [-0.3, -0.25) is 0 Å². The Morgan fingerprint density at radius 3 is 2.69 bits per heavy atom. The fourth-order valence-corrected chi connectivity index (χ4v) is 1.01. The second-order valence-electron chi connectivity index (χ2n) is 2.63. The maximum atomic E-state index is 11.7. The van der Waals surface area contributed by atoms with E-state index >= 15 is 0 Å². The van der Waals surface area contributed by atoms with Crippen molar-refractivity contribution in [3.63, 3.8) is 0 Å². The smallest absolute Gasteiger partial charge is 0.388 e. The van der Waals surface area contributed by atoms with E-state index in [4.69, 9.17) is 0 Å². The lowest BCUT2D eigenvalue weighted by molar-refractivity contribution is -0.0528. The lowest BCUT2D eigenvalue weighted by Gasteiger charge is -2.03. The molecule has 0 N–H and O–H groups in total. The summed E-state index contributed by atoms with van der Waals surface area (Å²) in [6.45, 7) is -0.756. The molecule has 2 nitrogen and oxygen atoms in total. The zero-order valence-corrected chi connectivity index (χ0v) is 7.34. The summed E-state index contributed by atoms with van der Waals surface area (Å²) in [4.78, 5) is 3.74.